The van der Waals surface area contributed by atoms with Crippen molar-refractivity contribution >= 4 is 39.9 Å². The van der Waals surface area contributed by atoms with Gasteiger partial charge in [-0.1, -0.05) is 16.8 Å². The molecule has 0 radical (unpaired) electrons. The maximum absolute atomic E-state index is 12.1. The highest BCUT2D eigenvalue weighted by atomic mass is 35.5. The van der Waals surface area contributed by atoms with E-state index >= 15 is 0 Å². The first-order valence-electron chi connectivity index (χ1n) is 7.58. The van der Waals surface area contributed by atoms with Crippen LogP contribution in [-0.4, -0.2) is 22.8 Å². The molecule has 132 valence electrons. The van der Waals surface area contributed by atoms with Crippen LogP contribution in [0.15, 0.2) is 47.1 Å². The van der Waals surface area contributed by atoms with Crippen LogP contribution in [0.2, 0.25) is 4.34 Å². The van der Waals surface area contributed by atoms with Crippen molar-refractivity contribution in [3.05, 3.63) is 63.5 Å². The zero-order chi connectivity index (χ0) is 18.3. The number of ether oxygens (including phenoxy) is 1. The molecule has 7 nitrogen and oxygen atoms in total. The Morgan fingerprint density at radius 3 is 3.00 bits per heavy atom. The molecule has 0 atom stereocenters. The van der Waals surface area contributed by atoms with Gasteiger partial charge in [0.15, 0.2) is 12.0 Å². The summed E-state index contributed by atoms with van der Waals surface area (Å²) in [6.45, 7) is 0.251. The number of carbonyl (C=O) groups excluding carboxylic acids is 1. The number of pyridine rings is 1. The molecule has 0 bridgehead atoms. The fraction of sp³-hybridized carbons (Fsp3) is 0.118. The zero-order valence-corrected chi connectivity index (χ0v) is 15.1. The van der Waals surface area contributed by atoms with Crippen LogP contribution in [0.4, 0.5) is 0 Å². The van der Waals surface area contributed by atoms with Gasteiger partial charge < -0.3 is 19.0 Å². The molecule has 0 aliphatic heterocycles. The van der Waals surface area contributed by atoms with Crippen molar-refractivity contribution in [1.82, 2.24) is 9.72 Å². The lowest BCUT2D eigenvalue weighted by Crippen LogP contribution is -2.25. The molecule has 0 spiro atoms. The van der Waals surface area contributed by atoms with Crippen LogP contribution < -0.4 is 4.73 Å². The third-order valence-electron chi connectivity index (χ3n) is 3.92. The molecule has 0 saturated heterocycles. The average molecular weight is 390 g/mol. The number of rotatable bonds is 4. The number of esters is 1. The van der Waals surface area contributed by atoms with Gasteiger partial charge in [0, 0.05) is 18.2 Å². The van der Waals surface area contributed by atoms with E-state index in [0.717, 1.165) is 4.88 Å². The quantitative estimate of drug-likeness (QED) is 0.303. The fourth-order valence-corrected chi connectivity index (χ4v) is 3.74. The van der Waals surface area contributed by atoms with Crippen molar-refractivity contribution in [2.45, 2.75) is 6.54 Å². The Morgan fingerprint density at radius 2 is 2.27 bits per heavy atom. The standard InChI is InChI=1S/C17H12ClN3O4S/c1-24-17(22)13-8-12-11(3-2-6-21(12)23)20(13)9-10-7-14(25-19-10)15-4-5-16(18)26-15/h2-8H,9H2,1H3. The van der Waals surface area contributed by atoms with Crippen molar-refractivity contribution in [2.24, 2.45) is 0 Å². The predicted molar refractivity (Wildman–Crippen MR) is 96.2 cm³/mol. The lowest BCUT2D eigenvalue weighted by atomic mass is 10.3. The van der Waals surface area contributed by atoms with Crippen molar-refractivity contribution in [2.75, 3.05) is 7.11 Å². The Kier molecular flexibility index (Phi) is 4.14. The number of aromatic nitrogens is 3. The van der Waals surface area contributed by atoms with E-state index in [2.05, 4.69) is 5.16 Å². The normalized spacial score (nSPS) is 11.2. The van der Waals surface area contributed by atoms with Gasteiger partial charge in [-0.3, -0.25) is 0 Å². The van der Waals surface area contributed by atoms with Crippen LogP contribution in [0.1, 0.15) is 16.2 Å². The van der Waals surface area contributed by atoms with Gasteiger partial charge in [0.05, 0.1) is 22.9 Å². The van der Waals surface area contributed by atoms with Gasteiger partial charge in [-0.15, -0.1) is 11.3 Å². The van der Waals surface area contributed by atoms with Gasteiger partial charge in [-0.25, -0.2) is 4.79 Å². The molecule has 0 aliphatic rings. The number of nitrogens with zero attached hydrogens (tertiary/aromatic N) is 3. The minimum atomic E-state index is -0.532. The fourth-order valence-electron chi connectivity index (χ4n) is 2.75. The number of fused-ring (bicyclic) bond motifs is 1. The Hall–Kier alpha value is -2.84. The SMILES string of the molecule is COC(=O)c1cc2c(ccc[n+]2[O-])n1Cc1cc(-c2ccc(Cl)s2)on1. The van der Waals surface area contributed by atoms with Gasteiger partial charge in [-0.2, -0.15) is 4.73 Å². The maximum Gasteiger partial charge on any atom is 0.354 e. The third kappa shape index (κ3) is 2.83. The van der Waals surface area contributed by atoms with Crippen molar-refractivity contribution < 1.29 is 18.8 Å². The van der Waals surface area contributed by atoms with Crippen molar-refractivity contribution in [3.63, 3.8) is 0 Å². The molecule has 4 aromatic rings. The highest BCUT2D eigenvalue weighted by Crippen LogP contribution is 2.31. The molecule has 0 amide bonds. The molecule has 26 heavy (non-hydrogen) atoms. The minimum absolute atomic E-state index is 0.251. The second-order valence-electron chi connectivity index (χ2n) is 5.50. The van der Waals surface area contributed by atoms with Crippen molar-refractivity contribution in [1.29, 1.82) is 0 Å². The summed E-state index contributed by atoms with van der Waals surface area (Å²) in [5.74, 6) is 0.0572. The van der Waals surface area contributed by atoms with E-state index in [0.29, 0.717) is 31.6 Å². The largest absolute Gasteiger partial charge is 0.618 e. The van der Waals surface area contributed by atoms with E-state index in [-0.39, 0.29) is 12.2 Å². The Bertz CT molecular complexity index is 1110. The second kappa shape index (κ2) is 6.47. The summed E-state index contributed by atoms with van der Waals surface area (Å²) in [5, 5.41) is 16.1. The van der Waals surface area contributed by atoms with Crippen LogP contribution >= 0.6 is 22.9 Å². The smallest absolute Gasteiger partial charge is 0.354 e. The van der Waals surface area contributed by atoms with E-state index < -0.39 is 5.97 Å². The van der Waals surface area contributed by atoms with Gasteiger partial charge in [0.2, 0.25) is 5.52 Å². The zero-order valence-electron chi connectivity index (χ0n) is 13.5. The van der Waals surface area contributed by atoms with Crippen LogP contribution in [0, 0.1) is 5.21 Å². The van der Waals surface area contributed by atoms with Crippen LogP contribution in [-0.2, 0) is 11.3 Å². The van der Waals surface area contributed by atoms with E-state index in [1.807, 2.05) is 6.07 Å². The second-order valence-corrected chi connectivity index (χ2v) is 7.21. The number of halogens is 1. The van der Waals surface area contributed by atoms with E-state index in [4.69, 9.17) is 20.9 Å². The summed E-state index contributed by atoms with van der Waals surface area (Å²) < 4.78 is 13.3. The minimum Gasteiger partial charge on any atom is -0.618 e. The summed E-state index contributed by atoms with van der Waals surface area (Å²) in [6, 6.07) is 10.3. The predicted octanol–water partition coefficient (Wildman–Crippen LogP) is 3.48. The molecular formula is C17H12ClN3O4S. The molecule has 0 aliphatic carbocycles. The van der Waals surface area contributed by atoms with E-state index in [9.17, 15) is 10.0 Å². The maximum atomic E-state index is 12.1. The Balaban J connectivity index is 1.76. The first-order chi connectivity index (χ1) is 12.6. The topological polar surface area (TPSA) is 84.2 Å². The molecular weight excluding hydrogens is 378 g/mol. The number of thiophene rings is 1. The summed E-state index contributed by atoms with van der Waals surface area (Å²) in [7, 11) is 1.30. The highest BCUT2D eigenvalue weighted by molar-refractivity contribution is 7.19. The molecule has 0 aromatic carbocycles. The summed E-state index contributed by atoms with van der Waals surface area (Å²) in [5.41, 5.74) is 1.85. The average Bonchev–Trinajstić information content (AvgIpc) is 3.34. The van der Waals surface area contributed by atoms with Gasteiger partial charge in [0.1, 0.15) is 16.9 Å². The van der Waals surface area contributed by atoms with Crippen LogP contribution in [0.5, 0.6) is 0 Å². The van der Waals surface area contributed by atoms with Crippen LogP contribution in [0.3, 0.4) is 0 Å². The molecule has 0 N–H and O–H groups in total. The molecule has 0 fully saturated rings. The van der Waals surface area contributed by atoms with Crippen molar-refractivity contribution in [3.8, 4) is 10.6 Å². The van der Waals surface area contributed by atoms with Gasteiger partial charge in [-0.05, 0) is 18.2 Å². The number of hydrogen-bond donors (Lipinski definition) is 0. The lowest BCUT2D eigenvalue weighted by molar-refractivity contribution is -0.576. The Labute approximate surface area is 156 Å². The monoisotopic (exact) mass is 389 g/mol. The molecule has 4 aromatic heterocycles. The summed E-state index contributed by atoms with van der Waals surface area (Å²) in [4.78, 5) is 13.0. The first-order valence-corrected chi connectivity index (χ1v) is 8.77. The van der Waals surface area contributed by atoms with Crippen LogP contribution in [0.25, 0.3) is 21.7 Å². The molecule has 4 heterocycles. The van der Waals surface area contributed by atoms with E-state index in [1.54, 1.807) is 28.8 Å². The van der Waals surface area contributed by atoms with Gasteiger partial charge >= 0.3 is 5.97 Å². The number of methoxy groups -OCH3 is 1. The number of carbonyl (C=O) groups is 1. The molecule has 0 saturated carbocycles. The number of hydrogen-bond acceptors (Lipinski definition) is 6. The van der Waals surface area contributed by atoms with E-state index in [1.165, 1.54) is 30.7 Å². The first kappa shape index (κ1) is 16.6. The molecule has 0 unspecified atom stereocenters. The molecule has 4 rings (SSSR count). The summed E-state index contributed by atoms with van der Waals surface area (Å²) in [6.07, 6.45) is 1.38. The lowest BCUT2D eigenvalue weighted by Gasteiger charge is -2.06. The Morgan fingerprint density at radius 1 is 1.42 bits per heavy atom. The third-order valence-corrected chi connectivity index (χ3v) is 5.17. The summed E-state index contributed by atoms with van der Waals surface area (Å²) >= 11 is 7.34. The molecule has 9 heteroatoms. The highest BCUT2D eigenvalue weighted by Gasteiger charge is 2.21. The van der Waals surface area contributed by atoms with Gasteiger partial charge in [0.25, 0.3) is 0 Å².